The maximum atomic E-state index is 13.0. The molecule has 0 spiro atoms. The fraction of sp³-hybridized carbons (Fsp3) is 0.0909. The SMILES string of the molecule is Cc1cccc(C(=O)OC(C(=O)c2ccccc2)c2ccc(Cl)cc2)c1. The first kappa shape index (κ1) is 17.9. The lowest BCUT2D eigenvalue weighted by atomic mass is 9.99. The highest BCUT2D eigenvalue weighted by Gasteiger charge is 2.26. The van der Waals surface area contributed by atoms with Crippen LogP contribution < -0.4 is 0 Å². The zero-order valence-corrected chi connectivity index (χ0v) is 14.9. The number of rotatable bonds is 5. The van der Waals surface area contributed by atoms with Crippen molar-refractivity contribution >= 4 is 23.4 Å². The molecule has 0 aliphatic heterocycles. The molecule has 0 heterocycles. The second kappa shape index (κ2) is 7.98. The summed E-state index contributed by atoms with van der Waals surface area (Å²) in [6.45, 7) is 1.89. The number of Topliss-reactive ketones (excluding diaryl/α,β-unsaturated/α-hetero) is 1. The molecule has 0 saturated heterocycles. The lowest BCUT2D eigenvalue weighted by Gasteiger charge is -2.18. The van der Waals surface area contributed by atoms with Crippen molar-refractivity contribution in [3.05, 3.63) is 106 Å². The number of esters is 1. The lowest BCUT2D eigenvalue weighted by molar-refractivity contribution is 0.0280. The van der Waals surface area contributed by atoms with Gasteiger partial charge >= 0.3 is 5.97 Å². The van der Waals surface area contributed by atoms with E-state index in [-0.39, 0.29) is 5.78 Å². The Balaban J connectivity index is 1.94. The summed E-state index contributed by atoms with van der Waals surface area (Å²) < 4.78 is 5.60. The molecule has 3 aromatic carbocycles. The molecule has 0 aliphatic rings. The summed E-state index contributed by atoms with van der Waals surface area (Å²) in [5, 5.41) is 0.546. The van der Waals surface area contributed by atoms with Crippen molar-refractivity contribution in [1.29, 1.82) is 0 Å². The van der Waals surface area contributed by atoms with E-state index in [4.69, 9.17) is 16.3 Å². The highest BCUT2D eigenvalue weighted by atomic mass is 35.5. The third kappa shape index (κ3) is 4.19. The Bertz CT molecular complexity index is 918. The van der Waals surface area contributed by atoms with Crippen molar-refractivity contribution in [3.63, 3.8) is 0 Å². The van der Waals surface area contributed by atoms with Crippen LogP contribution in [-0.2, 0) is 4.74 Å². The maximum absolute atomic E-state index is 13.0. The first-order chi connectivity index (χ1) is 12.5. The quantitative estimate of drug-likeness (QED) is 0.448. The minimum absolute atomic E-state index is 0.283. The average Bonchev–Trinajstić information content (AvgIpc) is 2.67. The van der Waals surface area contributed by atoms with E-state index in [1.165, 1.54) is 0 Å². The van der Waals surface area contributed by atoms with Gasteiger partial charge in [-0.3, -0.25) is 4.79 Å². The molecule has 26 heavy (non-hydrogen) atoms. The van der Waals surface area contributed by atoms with Crippen LogP contribution in [0.4, 0.5) is 0 Å². The van der Waals surface area contributed by atoms with Crippen LogP contribution in [0, 0.1) is 6.92 Å². The number of halogens is 1. The van der Waals surface area contributed by atoms with Crippen molar-refractivity contribution < 1.29 is 14.3 Å². The zero-order chi connectivity index (χ0) is 18.5. The highest BCUT2D eigenvalue weighted by molar-refractivity contribution is 6.30. The van der Waals surface area contributed by atoms with Gasteiger partial charge in [0.1, 0.15) is 0 Å². The molecule has 3 aromatic rings. The molecule has 0 amide bonds. The molecule has 1 atom stereocenters. The van der Waals surface area contributed by atoms with Gasteiger partial charge in [-0.05, 0) is 31.2 Å². The fourth-order valence-corrected chi connectivity index (χ4v) is 2.74. The number of carbonyl (C=O) groups is 2. The molecule has 0 aromatic heterocycles. The van der Waals surface area contributed by atoms with E-state index in [1.807, 2.05) is 19.1 Å². The van der Waals surface area contributed by atoms with E-state index < -0.39 is 12.1 Å². The fourth-order valence-electron chi connectivity index (χ4n) is 2.61. The molecular weight excluding hydrogens is 348 g/mol. The second-order valence-corrected chi connectivity index (χ2v) is 6.37. The standard InChI is InChI=1S/C22H17ClO3/c1-15-6-5-9-18(14-15)22(25)26-21(17-10-12-19(23)13-11-17)20(24)16-7-3-2-4-8-16/h2-14,21H,1H3. The number of hydrogen-bond acceptors (Lipinski definition) is 3. The first-order valence-electron chi connectivity index (χ1n) is 8.17. The van der Waals surface area contributed by atoms with Gasteiger partial charge in [-0.15, -0.1) is 0 Å². The molecule has 0 bridgehead atoms. The Morgan fingerprint density at radius 1 is 0.846 bits per heavy atom. The van der Waals surface area contributed by atoms with Crippen LogP contribution in [0.15, 0.2) is 78.9 Å². The predicted octanol–water partition coefficient (Wildman–Crippen LogP) is 5.43. The van der Waals surface area contributed by atoms with E-state index in [2.05, 4.69) is 0 Å². The molecule has 4 heteroatoms. The van der Waals surface area contributed by atoms with Crippen LogP contribution >= 0.6 is 11.6 Å². The van der Waals surface area contributed by atoms with E-state index in [1.54, 1.807) is 66.7 Å². The molecule has 0 fully saturated rings. The molecule has 0 N–H and O–H groups in total. The van der Waals surface area contributed by atoms with Crippen molar-refractivity contribution in [3.8, 4) is 0 Å². The summed E-state index contributed by atoms with van der Waals surface area (Å²) in [6.07, 6.45) is -1.04. The van der Waals surface area contributed by atoms with Gasteiger partial charge in [0.25, 0.3) is 0 Å². The zero-order valence-electron chi connectivity index (χ0n) is 14.2. The molecule has 0 saturated carbocycles. The van der Waals surface area contributed by atoms with Gasteiger partial charge < -0.3 is 4.74 Å². The van der Waals surface area contributed by atoms with Gasteiger partial charge in [-0.25, -0.2) is 4.79 Å². The second-order valence-electron chi connectivity index (χ2n) is 5.94. The van der Waals surface area contributed by atoms with Crippen molar-refractivity contribution in [2.45, 2.75) is 13.0 Å². The average molecular weight is 365 g/mol. The van der Waals surface area contributed by atoms with E-state index in [9.17, 15) is 9.59 Å². The summed E-state index contributed by atoms with van der Waals surface area (Å²) in [7, 11) is 0. The molecule has 130 valence electrons. The van der Waals surface area contributed by atoms with Gasteiger partial charge in [-0.1, -0.05) is 71.8 Å². The van der Waals surface area contributed by atoms with Gasteiger partial charge in [0.2, 0.25) is 5.78 Å². The Kier molecular flexibility index (Phi) is 5.49. The van der Waals surface area contributed by atoms with Crippen LogP contribution in [0.1, 0.15) is 37.9 Å². The number of aryl methyl sites for hydroxylation is 1. The number of benzene rings is 3. The van der Waals surface area contributed by atoms with Gasteiger partial charge in [0, 0.05) is 16.1 Å². The van der Waals surface area contributed by atoms with Crippen LogP contribution in [0.5, 0.6) is 0 Å². The van der Waals surface area contributed by atoms with Crippen LogP contribution in [0.3, 0.4) is 0 Å². The highest BCUT2D eigenvalue weighted by Crippen LogP contribution is 2.25. The largest absolute Gasteiger partial charge is 0.445 e. The number of hydrogen-bond donors (Lipinski definition) is 0. The molecule has 0 aliphatic carbocycles. The summed E-state index contributed by atoms with van der Waals surface area (Å²) in [5.74, 6) is -0.827. The summed E-state index contributed by atoms with van der Waals surface area (Å²) in [4.78, 5) is 25.5. The van der Waals surface area contributed by atoms with Crippen molar-refractivity contribution in [2.24, 2.45) is 0 Å². The summed E-state index contributed by atoms with van der Waals surface area (Å²) in [5.41, 5.74) is 2.40. The summed E-state index contributed by atoms with van der Waals surface area (Å²) in [6, 6.07) is 22.6. The van der Waals surface area contributed by atoms with Gasteiger partial charge in [0.15, 0.2) is 6.10 Å². The van der Waals surface area contributed by atoms with Crippen LogP contribution in [-0.4, -0.2) is 11.8 Å². The topological polar surface area (TPSA) is 43.4 Å². The van der Waals surface area contributed by atoms with Crippen LogP contribution in [0.25, 0.3) is 0 Å². The Labute approximate surface area is 157 Å². The molecular formula is C22H17ClO3. The minimum atomic E-state index is -1.04. The predicted molar refractivity (Wildman–Crippen MR) is 102 cm³/mol. The minimum Gasteiger partial charge on any atom is -0.445 e. The number of ether oxygens (including phenoxy) is 1. The monoisotopic (exact) mass is 364 g/mol. The molecule has 1 unspecified atom stereocenters. The molecule has 0 radical (unpaired) electrons. The third-order valence-corrected chi connectivity index (χ3v) is 4.20. The first-order valence-corrected chi connectivity index (χ1v) is 8.55. The number of ketones is 1. The van der Waals surface area contributed by atoms with E-state index in [0.29, 0.717) is 21.7 Å². The van der Waals surface area contributed by atoms with Crippen molar-refractivity contribution in [2.75, 3.05) is 0 Å². The Morgan fingerprint density at radius 2 is 1.50 bits per heavy atom. The third-order valence-electron chi connectivity index (χ3n) is 3.95. The van der Waals surface area contributed by atoms with Crippen molar-refractivity contribution in [1.82, 2.24) is 0 Å². The Hall–Kier alpha value is -2.91. The van der Waals surface area contributed by atoms with Gasteiger partial charge in [-0.2, -0.15) is 0 Å². The molecule has 3 rings (SSSR count). The molecule has 3 nitrogen and oxygen atoms in total. The lowest BCUT2D eigenvalue weighted by Crippen LogP contribution is -2.20. The van der Waals surface area contributed by atoms with Gasteiger partial charge in [0.05, 0.1) is 5.56 Å². The maximum Gasteiger partial charge on any atom is 0.339 e. The Morgan fingerprint density at radius 3 is 2.15 bits per heavy atom. The van der Waals surface area contributed by atoms with E-state index in [0.717, 1.165) is 5.56 Å². The van der Waals surface area contributed by atoms with E-state index >= 15 is 0 Å². The smallest absolute Gasteiger partial charge is 0.339 e. The van der Waals surface area contributed by atoms with Crippen LogP contribution in [0.2, 0.25) is 5.02 Å². The summed E-state index contributed by atoms with van der Waals surface area (Å²) >= 11 is 5.94. The normalized spacial score (nSPS) is 11.6. The number of carbonyl (C=O) groups excluding carboxylic acids is 2.